The fourth-order valence-corrected chi connectivity index (χ4v) is 5.55. The Morgan fingerprint density at radius 2 is 1.24 bits per heavy atom. The molecule has 6 aromatic rings. The minimum absolute atomic E-state index is 0.215. The third kappa shape index (κ3) is 6.14. The average Bonchev–Trinajstić information content (AvgIpc) is 3.64. The van der Waals surface area contributed by atoms with Gasteiger partial charge in [-0.1, -0.05) is 53.1 Å². The van der Waals surface area contributed by atoms with Crippen molar-refractivity contribution in [2.24, 2.45) is 0 Å². The molecule has 0 aliphatic carbocycles. The van der Waals surface area contributed by atoms with E-state index in [9.17, 15) is 4.39 Å². The van der Waals surface area contributed by atoms with Gasteiger partial charge in [0.2, 0.25) is 0 Å². The fraction of sp³-hybridized carbons (Fsp3) is 0.216. The minimum atomic E-state index is -0.690. The zero-order valence-corrected chi connectivity index (χ0v) is 25.7. The van der Waals surface area contributed by atoms with Crippen LogP contribution in [0.2, 0.25) is 0 Å². The maximum atomic E-state index is 13.7. The van der Waals surface area contributed by atoms with Crippen LogP contribution in [0.3, 0.4) is 0 Å². The van der Waals surface area contributed by atoms with Crippen molar-refractivity contribution < 1.29 is 23.3 Å². The number of aryl methyl sites for hydroxylation is 3. The number of hydrogen-bond acceptors (Lipinski definition) is 7. The number of benzene rings is 4. The molecule has 0 N–H and O–H groups in total. The fourth-order valence-electron chi connectivity index (χ4n) is 5.55. The van der Waals surface area contributed by atoms with Crippen molar-refractivity contribution in [1.29, 1.82) is 0 Å². The lowest BCUT2D eigenvalue weighted by atomic mass is 10.1. The van der Waals surface area contributed by atoms with Gasteiger partial charge in [0, 0.05) is 5.56 Å². The van der Waals surface area contributed by atoms with Gasteiger partial charge in [-0.15, -0.1) is 0 Å². The molecular formula is C37H33FN4O4. The van der Waals surface area contributed by atoms with Crippen LogP contribution in [0, 0.1) is 26.6 Å². The quantitative estimate of drug-likeness (QED) is 0.167. The van der Waals surface area contributed by atoms with Crippen LogP contribution in [-0.2, 0) is 4.74 Å². The molecular weight excluding hydrogens is 583 g/mol. The SMILES string of the molecule is Cc1ccc(OC[C@H]2O[C@@H](n3cnc4c(-c5ccc(F)cc5)ncnc43)[C@H](Oc3ccc(C)cc3)[C@@H]2Oc2ccc(C)cc2)cc1. The monoisotopic (exact) mass is 616 g/mol. The van der Waals surface area contributed by atoms with E-state index in [0.29, 0.717) is 28.4 Å². The van der Waals surface area contributed by atoms with E-state index in [1.807, 2.05) is 98.1 Å². The van der Waals surface area contributed by atoms with E-state index in [-0.39, 0.29) is 12.4 Å². The largest absolute Gasteiger partial charge is 0.491 e. The Balaban J connectivity index is 1.29. The normalized spacial score (nSPS) is 19.3. The van der Waals surface area contributed by atoms with Crippen molar-refractivity contribution in [1.82, 2.24) is 19.5 Å². The Bertz CT molecular complexity index is 1930. The molecule has 2 aromatic heterocycles. The summed E-state index contributed by atoms with van der Waals surface area (Å²) in [4.78, 5) is 13.8. The lowest BCUT2D eigenvalue weighted by Gasteiger charge is -2.26. The van der Waals surface area contributed by atoms with Gasteiger partial charge in [-0.05, 0) is 81.4 Å². The lowest BCUT2D eigenvalue weighted by Crippen LogP contribution is -2.42. The number of fused-ring (bicyclic) bond motifs is 1. The molecule has 46 heavy (non-hydrogen) atoms. The number of ether oxygens (including phenoxy) is 4. The van der Waals surface area contributed by atoms with Gasteiger partial charge in [0.25, 0.3) is 0 Å². The highest BCUT2D eigenvalue weighted by Crippen LogP contribution is 2.38. The van der Waals surface area contributed by atoms with Crippen LogP contribution in [-0.4, -0.2) is 44.4 Å². The second-order valence-electron chi connectivity index (χ2n) is 11.5. The van der Waals surface area contributed by atoms with Crippen LogP contribution in [0.5, 0.6) is 17.2 Å². The van der Waals surface area contributed by atoms with E-state index in [1.165, 1.54) is 18.5 Å². The molecule has 0 spiro atoms. The summed E-state index contributed by atoms with van der Waals surface area (Å²) in [7, 11) is 0. The number of hydrogen-bond donors (Lipinski definition) is 0. The lowest BCUT2D eigenvalue weighted by molar-refractivity contribution is -0.0434. The third-order valence-electron chi connectivity index (χ3n) is 8.06. The standard InChI is InChI=1S/C37H33FN4O4/c1-23-4-14-28(15-5-23)43-20-31-34(44-29-16-6-24(2)7-17-29)35(45-30-18-8-25(3)9-19-30)37(46-31)42-22-41-33-32(39-21-40-36(33)42)26-10-12-27(38)13-11-26/h4-19,21-22,31,34-35,37H,20H2,1-3H3/t31-,34-,35-,37-/m1/s1. The van der Waals surface area contributed by atoms with Crippen LogP contribution in [0.1, 0.15) is 22.9 Å². The molecule has 4 aromatic carbocycles. The second-order valence-corrected chi connectivity index (χ2v) is 11.5. The first-order chi connectivity index (χ1) is 22.4. The maximum absolute atomic E-state index is 13.7. The van der Waals surface area contributed by atoms with Crippen LogP contribution in [0.15, 0.2) is 110 Å². The molecule has 8 nitrogen and oxygen atoms in total. The van der Waals surface area contributed by atoms with Crippen LogP contribution >= 0.6 is 0 Å². The van der Waals surface area contributed by atoms with Crippen molar-refractivity contribution in [2.75, 3.05) is 6.61 Å². The zero-order valence-electron chi connectivity index (χ0n) is 25.7. The Morgan fingerprint density at radius 1 is 0.674 bits per heavy atom. The maximum Gasteiger partial charge on any atom is 0.183 e. The highest BCUT2D eigenvalue weighted by Gasteiger charge is 2.50. The summed E-state index contributed by atoms with van der Waals surface area (Å²) in [5.41, 5.74) is 5.81. The summed E-state index contributed by atoms with van der Waals surface area (Å²) in [6, 6.07) is 29.8. The second kappa shape index (κ2) is 12.6. The van der Waals surface area contributed by atoms with Crippen molar-refractivity contribution in [3.05, 3.63) is 132 Å². The molecule has 1 aliphatic heterocycles. The summed E-state index contributed by atoms with van der Waals surface area (Å²) in [6.45, 7) is 6.31. The van der Waals surface area contributed by atoms with Crippen molar-refractivity contribution in [3.8, 4) is 28.5 Å². The Kier molecular flexibility index (Phi) is 8.07. The molecule has 0 amide bonds. The van der Waals surface area contributed by atoms with Gasteiger partial charge < -0.3 is 18.9 Å². The van der Waals surface area contributed by atoms with Gasteiger partial charge in [0.15, 0.2) is 24.1 Å². The summed E-state index contributed by atoms with van der Waals surface area (Å²) in [5, 5.41) is 0. The molecule has 1 aliphatic rings. The Morgan fingerprint density at radius 3 is 1.85 bits per heavy atom. The third-order valence-corrected chi connectivity index (χ3v) is 8.06. The van der Waals surface area contributed by atoms with Gasteiger partial charge in [0.05, 0.1) is 6.33 Å². The van der Waals surface area contributed by atoms with Crippen molar-refractivity contribution in [3.63, 3.8) is 0 Å². The van der Waals surface area contributed by atoms with E-state index in [0.717, 1.165) is 28.0 Å². The molecule has 7 rings (SSSR count). The van der Waals surface area contributed by atoms with E-state index < -0.39 is 24.5 Å². The summed E-state index contributed by atoms with van der Waals surface area (Å²) >= 11 is 0. The summed E-state index contributed by atoms with van der Waals surface area (Å²) in [5.74, 6) is 1.77. The van der Waals surface area contributed by atoms with E-state index in [2.05, 4.69) is 9.97 Å². The van der Waals surface area contributed by atoms with E-state index in [4.69, 9.17) is 23.9 Å². The van der Waals surface area contributed by atoms with Crippen molar-refractivity contribution in [2.45, 2.75) is 45.3 Å². The number of aromatic nitrogens is 4. The first-order valence-corrected chi connectivity index (χ1v) is 15.2. The van der Waals surface area contributed by atoms with E-state index in [1.54, 1.807) is 18.5 Å². The topological polar surface area (TPSA) is 80.5 Å². The van der Waals surface area contributed by atoms with Crippen LogP contribution in [0.4, 0.5) is 4.39 Å². The van der Waals surface area contributed by atoms with Gasteiger partial charge in [0.1, 0.15) is 53.3 Å². The first-order valence-electron chi connectivity index (χ1n) is 15.2. The molecule has 0 saturated carbocycles. The molecule has 3 heterocycles. The molecule has 4 atom stereocenters. The van der Waals surface area contributed by atoms with Gasteiger partial charge in [-0.3, -0.25) is 4.57 Å². The van der Waals surface area contributed by atoms with E-state index >= 15 is 0 Å². The predicted molar refractivity (Wildman–Crippen MR) is 172 cm³/mol. The van der Waals surface area contributed by atoms with Crippen LogP contribution in [0.25, 0.3) is 22.4 Å². The molecule has 0 bridgehead atoms. The Labute approximate surface area is 266 Å². The average molecular weight is 617 g/mol. The van der Waals surface area contributed by atoms with Crippen LogP contribution < -0.4 is 14.2 Å². The van der Waals surface area contributed by atoms with Gasteiger partial charge >= 0.3 is 0 Å². The highest BCUT2D eigenvalue weighted by molar-refractivity contribution is 5.87. The smallest absolute Gasteiger partial charge is 0.183 e. The predicted octanol–water partition coefficient (Wildman–Crippen LogP) is 7.43. The molecule has 1 fully saturated rings. The van der Waals surface area contributed by atoms with Gasteiger partial charge in [-0.2, -0.15) is 0 Å². The molecule has 1 saturated heterocycles. The zero-order chi connectivity index (χ0) is 31.6. The Hall–Kier alpha value is -5.28. The van der Waals surface area contributed by atoms with Crippen molar-refractivity contribution >= 4 is 11.2 Å². The summed E-state index contributed by atoms with van der Waals surface area (Å²) < 4.78 is 42.0. The van der Waals surface area contributed by atoms with Gasteiger partial charge in [-0.25, -0.2) is 19.3 Å². The molecule has 0 radical (unpaired) electrons. The molecule has 232 valence electrons. The molecule has 0 unspecified atom stereocenters. The minimum Gasteiger partial charge on any atom is -0.491 e. The first kappa shape index (κ1) is 29.4. The number of halogens is 1. The molecule has 9 heteroatoms. The number of rotatable bonds is 9. The summed E-state index contributed by atoms with van der Waals surface area (Å²) in [6.07, 6.45) is 0.729. The number of nitrogens with zero attached hydrogens (tertiary/aromatic N) is 4. The number of imidazole rings is 1. The highest BCUT2D eigenvalue weighted by atomic mass is 19.1.